The molecule has 1 aromatic rings. The van der Waals surface area contributed by atoms with Crippen molar-refractivity contribution in [1.29, 1.82) is 0 Å². The number of nitrogens with two attached hydrogens (primary N) is 1. The van der Waals surface area contributed by atoms with Crippen LogP contribution in [0.15, 0.2) is 18.3 Å². The third-order valence-corrected chi connectivity index (χ3v) is 3.34. The van der Waals surface area contributed by atoms with Crippen LogP contribution in [0.4, 0.5) is 5.82 Å². The smallest absolute Gasteiger partial charge is 0.219 e. The van der Waals surface area contributed by atoms with E-state index < -0.39 is 0 Å². The Morgan fingerprint density at radius 1 is 1.39 bits per heavy atom. The van der Waals surface area contributed by atoms with Gasteiger partial charge in [0.05, 0.1) is 0 Å². The van der Waals surface area contributed by atoms with E-state index >= 15 is 0 Å². The van der Waals surface area contributed by atoms with Crippen molar-refractivity contribution < 1.29 is 4.79 Å². The molecule has 2 heterocycles. The summed E-state index contributed by atoms with van der Waals surface area (Å²) in [6.45, 7) is 6.76. The molecule has 1 fully saturated rings. The van der Waals surface area contributed by atoms with Gasteiger partial charge in [-0.2, -0.15) is 0 Å². The summed E-state index contributed by atoms with van der Waals surface area (Å²) in [5.41, 5.74) is 6.97. The number of hydrogen-bond donors (Lipinski definition) is 1. The number of pyridine rings is 1. The van der Waals surface area contributed by atoms with Crippen LogP contribution >= 0.6 is 0 Å². The second-order valence-corrected chi connectivity index (χ2v) is 4.73. The van der Waals surface area contributed by atoms with E-state index in [1.54, 1.807) is 13.1 Å². The molecule has 0 spiro atoms. The fourth-order valence-corrected chi connectivity index (χ4v) is 2.14. The summed E-state index contributed by atoms with van der Waals surface area (Å²) >= 11 is 0. The average molecular weight is 248 g/mol. The lowest BCUT2D eigenvalue weighted by Crippen LogP contribution is -2.48. The fraction of sp³-hybridized carbons (Fsp3) is 0.538. The van der Waals surface area contributed by atoms with Crippen molar-refractivity contribution >= 4 is 11.7 Å². The number of carbonyl (C=O) groups excluding carboxylic acids is 1. The molecule has 2 N–H and O–H groups in total. The van der Waals surface area contributed by atoms with Crippen LogP contribution in [-0.2, 0) is 4.79 Å². The highest BCUT2D eigenvalue weighted by Gasteiger charge is 2.19. The number of rotatable bonds is 2. The van der Waals surface area contributed by atoms with Gasteiger partial charge < -0.3 is 15.5 Å². The minimum Gasteiger partial charge on any atom is -0.353 e. The van der Waals surface area contributed by atoms with Gasteiger partial charge in [0.1, 0.15) is 5.82 Å². The topological polar surface area (TPSA) is 62.5 Å². The maximum atomic E-state index is 11.3. The second kappa shape index (κ2) is 5.35. The van der Waals surface area contributed by atoms with Crippen molar-refractivity contribution in [2.24, 2.45) is 5.73 Å². The van der Waals surface area contributed by atoms with E-state index in [-0.39, 0.29) is 11.9 Å². The lowest BCUT2D eigenvalue weighted by molar-refractivity contribution is -0.129. The fourth-order valence-electron chi connectivity index (χ4n) is 2.14. The van der Waals surface area contributed by atoms with E-state index in [9.17, 15) is 4.79 Å². The molecule has 0 aliphatic carbocycles. The van der Waals surface area contributed by atoms with E-state index in [1.807, 2.05) is 24.0 Å². The van der Waals surface area contributed by atoms with Crippen LogP contribution in [0.5, 0.6) is 0 Å². The summed E-state index contributed by atoms with van der Waals surface area (Å²) in [4.78, 5) is 19.7. The highest BCUT2D eigenvalue weighted by atomic mass is 16.2. The van der Waals surface area contributed by atoms with Gasteiger partial charge in [-0.3, -0.25) is 4.79 Å². The van der Waals surface area contributed by atoms with Gasteiger partial charge in [0.15, 0.2) is 0 Å². The minimum absolute atomic E-state index is 0.0188. The van der Waals surface area contributed by atoms with Gasteiger partial charge in [-0.05, 0) is 24.6 Å². The van der Waals surface area contributed by atoms with Gasteiger partial charge in [-0.25, -0.2) is 4.98 Å². The Bertz CT molecular complexity index is 425. The summed E-state index contributed by atoms with van der Waals surface area (Å²) in [5.74, 6) is 1.10. The minimum atomic E-state index is 0.0188. The maximum absolute atomic E-state index is 11.3. The Labute approximate surface area is 108 Å². The molecule has 2 rings (SSSR count). The van der Waals surface area contributed by atoms with Gasteiger partial charge >= 0.3 is 0 Å². The second-order valence-electron chi connectivity index (χ2n) is 4.73. The summed E-state index contributed by atoms with van der Waals surface area (Å²) in [6, 6.07) is 4.00. The highest BCUT2D eigenvalue weighted by Crippen LogP contribution is 2.18. The number of hydrogen-bond acceptors (Lipinski definition) is 4. The average Bonchev–Trinajstić information content (AvgIpc) is 2.39. The van der Waals surface area contributed by atoms with Gasteiger partial charge in [-0.1, -0.05) is 0 Å². The van der Waals surface area contributed by atoms with Crippen LogP contribution in [0, 0.1) is 0 Å². The summed E-state index contributed by atoms with van der Waals surface area (Å²) in [7, 11) is 0. The number of aromatic nitrogens is 1. The largest absolute Gasteiger partial charge is 0.353 e. The van der Waals surface area contributed by atoms with Crippen molar-refractivity contribution in [2.45, 2.75) is 19.9 Å². The Hall–Kier alpha value is -1.62. The molecule has 5 heteroatoms. The molecule has 0 saturated carbocycles. The van der Waals surface area contributed by atoms with Crippen molar-refractivity contribution in [2.75, 3.05) is 31.1 Å². The van der Waals surface area contributed by atoms with Gasteiger partial charge in [0, 0.05) is 45.3 Å². The monoisotopic (exact) mass is 248 g/mol. The van der Waals surface area contributed by atoms with Gasteiger partial charge in [-0.15, -0.1) is 0 Å². The van der Waals surface area contributed by atoms with Crippen LogP contribution in [0.1, 0.15) is 25.5 Å². The van der Waals surface area contributed by atoms with Gasteiger partial charge in [0.2, 0.25) is 5.91 Å². The van der Waals surface area contributed by atoms with Crippen LogP contribution in [0.25, 0.3) is 0 Å². The van der Waals surface area contributed by atoms with E-state index in [2.05, 4.69) is 9.88 Å². The first-order valence-electron chi connectivity index (χ1n) is 6.30. The Morgan fingerprint density at radius 2 is 2.06 bits per heavy atom. The van der Waals surface area contributed by atoms with E-state index in [0.717, 1.165) is 37.6 Å². The van der Waals surface area contributed by atoms with Crippen LogP contribution < -0.4 is 10.6 Å². The van der Waals surface area contributed by atoms with E-state index in [4.69, 9.17) is 5.73 Å². The number of carbonyl (C=O) groups is 1. The van der Waals surface area contributed by atoms with Gasteiger partial charge in [0.25, 0.3) is 0 Å². The first-order valence-corrected chi connectivity index (χ1v) is 6.30. The first-order chi connectivity index (χ1) is 8.58. The lowest BCUT2D eigenvalue weighted by Gasteiger charge is -2.35. The van der Waals surface area contributed by atoms with E-state index in [1.165, 1.54) is 0 Å². The summed E-state index contributed by atoms with van der Waals surface area (Å²) in [6.07, 6.45) is 1.80. The molecule has 98 valence electrons. The van der Waals surface area contributed by atoms with E-state index in [0.29, 0.717) is 0 Å². The predicted molar refractivity (Wildman–Crippen MR) is 71.3 cm³/mol. The van der Waals surface area contributed by atoms with Crippen molar-refractivity contribution in [3.63, 3.8) is 0 Å². The van der Waals surface area contributed by atoms with Crippen molar-refractivity contribution in [3.05, 3.63) is 23.9 Å². The van der Waals surface area contributed by atoms with Crippen LogP contribution in [-0.4, -0.2) is 42.0 Å². The number of anilines is 1. The Balaban J connectivity index is 2.05. The first kappa shape index (κ1) is 12.8. The molecule has 18 heavy (non-hydrogen) atoms. The van der Waals surface area contributed by atoms with Crippen LogP contribution in [0.3, 0.4) is 0 Å². The SMILES string of the molecule is CC(=O)N1CCN(c2cc(C(C)N)ccn2)CC1. The molecule has 1 atom stereocenters. The lowest BCUT2D eigenvalue weighted by atomic mass is 10.1. The third-order valence-electron chi connectivity index (χ3n) is 3.34. The molecule has 0 radical (unpaired) electrons. The molecule has 0 aromatic carbocycles. The predicted octanol–water partition coefficient (Wildman–Crippen LogP) is 0.770. The molecular formula is C13H20N4O. The zero-order chi connectivity index (χ0) is 13.1. The normalized spacial score (nSPS) is 17.7. The highest BCUT2D eigenvalue weighted by molar-refractivity contribution is 5.73. The van der Waals surface area contributed by atoms with Crippen molar-refractivity contribution in [1.82, 2.24) is 9.88 Å². The molecule has 1 saturated heterocycles. The molecule has 1 aliphatic rings. The van der Waals surface area contributed by atoms with Crippen LogP contribution in [0.2, 0.25) is 0 Å². The molecule has 1 unspecified atom stereocenters. The quantitative estimate of drug-likeness (QED) is 0.839. The third kappa shape index (κ3) is 2.79. The zero-order valence-corrected chi connectivity index (χ0v) is 11.0. The Kier molecular flexibility index (Phi) is 3.81. The molecular weight excluding hydrogens is 228 g/mol. The number of piperazine rings is 1. The summed E-state index contributed by atoms with van der Waals surface area (Å²) < 4.78 is 0. The summed E-state index contributed by atoms with van der Waals surface area (Å²) in [5, 5.41) is 0. The number of amides is 1. The standard InChI is InChI=1S/C13H20N4O/c1-10(14)12-3-4-15-13(9-12)17-7-5-16(6-8-17)11(2)18/h3-4,9-10H,5-8,14H2,1-2H3. The number of nitrogens with zero attached hydrogens (tertiary/aromatic N) is 3. The van der Waals surface area contributed by atoms with Crippen molar-refractivity contribution in [3.8, 4) is 0 Å². The molecule has 1 aliphatic heterocycles. The molecule has 0 bridgehead atoms. The zero-order valence-electron chi connectivity index (χ0n) is 11.0. The molecule has 1 amide bonds. The molecule has 5 nitrogen and oxygen atoms in total. The maximum Gasteiger partial charge on any atom is 0.219 e. The Morgan fingerprint density at radius 3 is 2.61 bits per heavy atom. The molecule has 1 aromatic heterocycles.